The lowest BCUT2D eigenvalue weighted by molar-refractivity contribution is 0.0508. The molecule has 4 atom stereocenters. The first-order valence-electron chi connectivity index (χ1n) is 45.2. The van der Waals surface area contributed by atoms with Crippen molar-refractivity contribution in [1.29, 1.82) is 0 Å². The zero-order chi connectivity index (χ0) is 86.7. The van der Waals surface area contributed by atoms with E-state index in [9.17, 15) is 38.4 Å². The van der Waals surface area contributed by atoms with Crippen molar-refractivity contribution in [3.63, 3.8) is 0 Å². The maximum atomic E-state index is 13.6. The Balaban J connectivity index is 0.000000128. The summed E-state index contributed by atoms with van der Waals surface area (Å²) in [6.07, 6.45) is 26.7. The Morgan fingerprint density at radius 1 is 0.226 bits per heavy atom. The minimum Gasteiger partial charge on any atom is -0.271 e. The number of imide groups is 4. The van der Waals surface area contributed by atoms with Crippen molar-refractivity contribution in [1.82, 2.24) is 29.6 Å². The number of hydrogen-bond acceptors (Lipinski definition) is 10. The number of carbonyl (C=O) groups excluding carboxylic acids is 8. The van der Waals surface area contributed by atoms with Gasteiger partial charge in [0.05, 0.1) is 0 Å². The van der Waals surface area contributed by atoms with Gasteiger partial charge in [0.15, 0.2) is 0 Å². The molecule has 14 aromatic rings. The topological polar surface area (TPSA) is 175 Å². The van der Waals surface area contributed by atoms with Gasteiger partial charge < -0.3 is 0 Å². The van der Waals surface area contributed by atoms with Crippen LogP contribution in [0.5, 0.6) is 0 Å². The minimum atomic E-state index is -0.167. The third-order valence-electron chi connectivity index (χ3n) is 25.8. The van der Waals surface area contributed by atoms with Gasteiger partial charge in [-0.15, -0.1) is 0 Å². The molecule has 628 valence electrons. The molecule has 0 aliphatic carbocycles. The molecule has 14 nitrogen and oxygen atoms in total. The van der Waals surface area contributed by atoms with Gasteiger partial charge in [-0.25, -0.2) is 0 Å². The van der Waals surface area contributed by atoms with Gasteiger partial charge >= 0.3 is 0 Å². The standard InChI is InChI=1S/2C30H29NO2.2C25H26N2O2/c1-3-5-6-13-21(4-2)31-29(32)26-17-10-16-25-24(18-19-27(28(25)26)30(31)33)23-15-9-12-20-11-7-8-14-22(20)23;1-3-5-6-12-23(4-2)31-29(32)26-14-9-13-25-24(17-18-27(28(25)26)30(31)33)22-16-15-20-10-7-8-11-21(20)19-22;1-3-5-6-10-18(4-2)27-24(28)21-12-7-11-20-19(17-9-8-15-26-16-17)13-14-22(23(20)21)25(27)29;1-3-5-6-8-18(4-2)27-24(28)21-10-7-9-20-19(17-13-15-26-16-14-17)11-12-22(23(20)21)25(27)29/h7-12,14-19,21H,3-6,13H2,1-2H3;7-11,13-19,23H,3-6,12H2,1-2H3;7-9,11-16,18H,3-6,10H2,1-2H3;7,9-16,18H,3-6,8H2,1-2H3. The van der Waals surface area contributed by atoms with Crippen molar-refractivity contribution >= 4 is 112 Å². The highest BCUT2D eigenvalue weighted by Gasteiger charge is 2.42. The highest BCUT2D eigenvalue weighted by atomic mass is 16.2. The summed E-state index contributed by atoms with van der Waals surface area (Å²) in [5.74, 6) is -1.28. The van der Waals surface area contributed by atoms with Gasteiger partial charge in [0.1, 0.15) is 0 Å². The highest BCUT2D eigenvalue weighted by Crippen LogP contribution is 2.45. The van der Waals surface area contributed by atoms with Gasteiger partial charge in [0, 0.05) is 121 Å². The number of carbonyl (C=O) groups is 8. The minimum absolute atomic E-state index is 0.0511. The van der Waals surface area contributed by atoms with Crippen LogP contribution in [0.15, 0.2) is 255 Å². The molecule has 2 aromatic heterocycles. The number of aromatic nitrogens is 2. The number of rotatable bonds is 28. The third kappa shape index (κ3) is 16.7. The molecule has 0 spiro atoms. The van der Waals surface area contributed by atoms with Crippen LogP contribution in [0.2, 0.25) is 0 Å². The molecule has 18 rings (SSSR count). The maximum Gasteiger partial charge on any atom is 0.261 e. The van der Waals surface area contributed by atoms with E-state index in [2.05, 4.69) is 126 Å². The third-order valence-corrected chi connectivity index (χ3v) is 25.8. The van der Waals surface area contributed by atoms with Crippen molar-refractivity contribution in [2.75, 3.05) is 0 Å². The Bertz CT molecular complexity index is 6120. The van der Waals surface area contributed by atoms with Gasteiger partial charge in [-0.2, -0.15) is 0 Å². The SMILES string of the molecule is CCCCCC(CC)N1C(=O)c2cccc3c(-c4ccc5ccccc5c4)ccc(c23)C1=O.CCCCCC(CC)N1C(=O)c2cccc3c(-c4cccc5ccccc45)ccc(c23)C1=O.CCCCCC(CC)N1C(=O)c2cccc3c(-c4cccnc4)ccc(c23)C1=O.CCCCCC(CC)N1C(=O)c2cccc3c(-c4ccncc4)ccc(c23)C1=O. The molecule has 124 heavy (non-hydrogen) atoms. The lowest BCUT2D eigenvalue weighted by atomic mass is 9.87. The zero-order valence-corrected chi connectivity index (χ0v) is 72.6. The summed E-state index contributed by atoms with van der Waals surface area (Å²) in [5.41, 5.74) is 13.4. The molecule has 4 aliphatic rings. The van der Waals surface area contributed by atoms with Crippen LogP contribution in [0.4, 0.5) is 0 Å². The van der Waals surface area contributed by atoms with E-state index in [1.165, 1.54) is 35.8 Å². The van der Waals surface area contributed by atoms with Gasteiger partial charge in [0.2, 0.25) is 0 Å². The lowest BCUT2D eigenvalue weighted by Crippen LogP contribution is -2.46. The van der Waals surface area contributed by atoms with E-state index in [1.807, 2.05) is 176 Å². The fourth-order valence-corrected chi connectivity index (χ4v) is 19.2. The molecular weight excluding hydrogens is 1530 g/mol. The van der Waals surface area contributed by atoms with Crippen molar-refractivity contribution in [2.45, 2.75) is 208 Å². The van der Waals surface area contributed by atoms with Crippen LogP contribution in [0.25, 0.3) is 109 Å². The Labute approximate surface area is 727 Å². The Morgan fingerprint density at radius 3 is 0.903 bits per heavy atom. The molecule has 0 N–H and O–H groups in total. The van der Waals surface area contributed by atoms with Gasteiger partial charge in [0.25, 0.3) is 47.3 Å². The first-order valence-corrected chi connectivity index (χ1v) is 45.2. The second-order valence-corrected chi connectivity index (χ2v) is 33.3. The Morgan fingerprint density at radius 2 is 0.524 bits per heavy atom. The lowest BCUT2D eigenvalue weighted by Gasteiger charge is -2.34. The average molecular weight is 1640 g/mol. The van der Waals surface area contributed by atoms with Crippen LogP contribution < -0.4 is 0 Å². The van der Waals surface area contributed by atoms with Crippen LogP contribution in [0, 0.1) is 0 Å². The molecule has 0 fully saturated rings. The molecule has 0 saturated heterocycles. The first kappa shape index (κ1) is 86.0. The molecule has 4 aliphatic heterocycles. The van der Waals surface area contributed by atoms with E-state index in [0.717, 1.165) is 221 Å². The molecule has 0 bridgehead atoms. The molecule has 0 saturated carbocycles. The molecule has 4 unspecified atom stereocenters. The number of fused-ring (bicyclic) bond motifs is 2. The smallest absolute Gasteiger partial charge is 0.261 e. The summed E-state index contributed by atoms with van der Waals surface area (Å²) in [6.45, 7) is 16.9. The van der Waals surface area contributed by atoms with Gasteiger partial charge in [-0.1, -0.05) is 290 Å². The van der Waals surface area contributed by atoms with Gasteiger partial charge in [-0.3, -0.25) is 67.9 Å². The first-order chi connectivity index (χ1) is 60.6. The van der Waals surface area contributed by atoms with E-state index in [4.69, 9.17) is 0 Å². The van der Waals surface area contributed by atoms with E-state index in [-0.39, 0.29) is 71.4 Å². The van der Waals surface area contributed by atoms with Crippen LogP contribution >= 0.6 is 0 Å². The number of hydrogen-bond donors (Lipinski definition) is 0. The molecule has 6 heterocycles. The van der Waals surface area contributed by atoms with Crippen molar-refractivity contribution in [2.24, 2.45) is 0 Å². The van der Waals surface area contributed by atoms with E-state index in [1.54, 1.807) is 18.6 Å². The number of pyridine rings is 2. The number of benzene rings is 12. The Hall–Kier alpha value is -12.9. The molecule has 8 amide bonds. The van der Waals surface area contributed by atoms with Gasteiger partial charge in [-0.05, 0) is 206 Å². The fraction of sp³-hybridized carbons (Fsp3) is 0.291. The number of nitrogens with zero attached hydrogens (tertiary/aromatic N) is 6. The van der Waals surface area contributed by atoms with E-state index >= 15 is 0 Å². The normalized spacial score (nSPS) is 14.4. The summed E-state index contributed by atoms with van der Waals surface area (Å²) in [4.78, 5) is 122. The largest absolute Gasteiger partial charge is 0.271 e. The predicted octanol–water partition coefficient (Wildman–Crippen LogP) is 26.9. The average Bonchev–Trinajstić information content (AvgIpc) is 0.745. The summed E-state index contributed by atoms with van der Waals surface area (Å²) >= 11 is 0. The molecule has 14 heteroatoms. The summed E-state index contributed by atoms with van der Waals surface area (Å²) in [5, 5.41) is 11.6. The molecule has 12 aromatic carbocycles. The van der Waals surface area contributed by atoms with Crippen molar-refractivity contribution in [3.05, 3.63) is 300 Å². The highest BCUT2D eigenvalue weighted by molar-refractivity contribution is 6.31. The predicted molar refractivity (Wildman–Crippen MR) is 503 cm³/mol. The van der Waals surface area contributed by atoms with E-state index in [0.29, 0.717) is 44.5 Å². The maximum absolute atomic E-state index is 13.6. The zero-order valence-electron chi connectivity index (χ0n) is 72.6. The Kier molecular flexibility index (Phi) is 27.1. The summed E-state index contributed by atoms with van der Waals surface area (Å²) in [7, 11) is 0. The molecular formula is C110H110N6O8. The van der Waals surface area contributed by atoms with Crippen LogP contribution in [-0.2, 0) is 0 Å². The summed E-state index contributed by atoms with van der Waals surface area (Å²) < 4.78 is 0. The summed E-state index contributed by atoms with van der Waals surface area (Å²) in [6, 6.07) is 75.7. The van der Waals surface area contributed by atoms with Crippen molar-refractivity contribution in [3.8, 4) is 44.5 Å². The van der Waals surface area contributed by atoms with Crippen LogP contribution in [0.3, 0.4) is 0 Å². The quantitative estimate of drug-likeness (QED) is 0.0339. The van der Waals surface area contributed by atoms with E-state index < -0.39 is 0 Å². The number of unbranched alkanes of at least 4 members (excludes halogenated alkanes) is 8. The molecule has 0 radical (unpaired) electrons. The second-order valence-electron chi connectivity index (χ2n) is 33.3. The van der Waals surface area contributed by atoms with Crippen molar-refractivity contribution < 1.29 is 38.4 Å². The number of amides is 8. The second kappa shape index (κ2) is 39.1. The fourth-order valence-electron chi connectivity index (χ4n) is 19.2. The van der Waals surface area contributed by atoms with Crippen LogP contribution in [-0.4, -0.2) is 101 Å². The monoisotopic (exact) mass is 1640 g/mol. The van der Waals surface area contributed by atoms with Crippen LogP contribution in [0.1, 0.15) is 267 Å².